The number of carbonyl (C=O) groups is 1. The van der Waals surface area contributed by atoms with Gasteiger partial charge in [0.2, 0.25) is 11.1 Å². The van der Waals surface area contributed by atoms with Crippen LogP contribution in [0.5, 0.6) is 11.5 Å². The standard InChI is InChI=1S/C35H32ClN5O3S/c1-22-11-7-8-12-25(22)20-44-29-18-17-24(19-30(29)43-3)32-31(33(42)38-27-14-5-4-6-15-27)23(2)37-34-39-35(40-41(32)34)45-21-26-13-9-10-16-28(26)36/h4-19,32H,20-21H2,1-3H3,(H,38,42)(H,37,39,40). The molecule has 1 aliphatic heterocycles. The summed E-state index contributed by atoms with van der Waals surface area (Å²) >= 11 is 7.87. The summed E-state index contributed by atoms with van der Waals surface area (Å²) in [4.78, 5) is 18.7. The zero-order valence-corrected chi connectivity index (χ0v) is 26.7. The van der Waals surface area contributed by atoms with Crippen LogP contribution in [0.15, 0.2) is 113 Å². The number of hydrogen-bond acceptors (Lipinski definition) is 7. The number of hydrogen-bond donors (Lipinski definition) is 2. The maximum atomic E-state index is 13.9. The van der Waals surface area contributed by atoms with E-state index in [1.54, 1.807) is 11.8 Å². The first-order valence-electron chi connectivity index (χ1n) is 14.4. The first-order chi connectivity index (χ1) is 21.9. The van der Waals surface area contributed by atoms with Crippen molar-refractivity contribution in [3.05, 3.63) is 136 Å². The number of rotatable bonds is 10. The number of allylic oxidation sites excluding steroid dienone is 1. The summed E-state index contributed by atoms with van der Waals surface area (Å²) in [6.07, 6.45) is 0. The lowest BCUT2D eigenvalue weighted by molar-refractivity contribution is -0.113. The third kappa shape index (κ3) is 6.69. The Bertz CT molecular complexity index is 1870. The molecule has 2 N–H and O–H groups in total. The van der Waals surface area contributed by atoms with Crippen molar-refractivity contribution in [2.45, 2.75) is 37.4 Å². The van der Waals surface area contributed by atoms with Gasteiger partial charge in [0.15, 0.2) is 11.5 Å². The van der Waals surface area contributed by atoms with Gasteiger partial charge in [-0.15, -0.1) is 5.10 Å². The summed E-state index contributed by atoms with van der Waals surface area (Å²) in [6, 6.07) is 30.3. The van der Waals surface area contributed by atoms with Crippen molar-refractivity contribution in [1.29, 1.82) is 0 Å². The zero-order valence-electron chi connectivity index (χ0n) is 25.1. The molecule has 5 aromatic rings. The summed E-state index contributed by atoms with van der Waals surface area (Å²) in [5.41, 5.74) is 5.91. The zero-order chi connectivity index (χ0) is 31.3. The minimum atomic E-state index is -0.591. The van der Waals surface area contributed by atoms with Crippen molar-refractivity contribution >= 4 is 40.9 Å². The van der Waals surface area contributed by atoms with Gasteiger partial charge in [-0.3, -0.25) is 4.79 Å². The molecule has 4 aromatic carbocycles. The molecule has 8 nitrogen and oxygen atoms in total. The lowest BCUT2D eigenvalue weighted by Crippen LogP contribution is -2.31. The van der Waals surface area contributed by atoms with E-state index in [1.807, 2.05) is 97.9 Å². The average Bonchev–Trinajstić information content (AvgIpc) is 3.46. The van der Waals surface area contributed by atoms with Gasteiger partial charge in [0.25, 0.3) is 5.91 Å². The Kier molecular flexibility index (Phi) is 9.09. The van der Waals surface area contributed by atoms with Crippen molar-refractivity contribution in [3.8, 4) is 11.5 Å². The number of nitrogens with zero attached hydrogens (tertiary/aromatic N) is 3. The molecule has 0 bridgehead atoms. The topological polar surface area (TPSA) is 90.3 Å². The maximum absolute atomic E-state index is 13.9. The van der Waals surface area contributed by atoms with E-state index in [2.05, 4.69) is 23.6 Å². The largest absolute Gasteiger partial charge is 0.493 e. The molecule has 0 saturated heterocycles. The van der Waals surface area contributed by atoms with Crippen LogP contribution >= 0.6 is 23.4 Å². The number of thioether (sulfide) groups is 1. The third-order valence-electron chi connectivity index (χ3n) is 7.57. The highest BCUT2D eigenvalue weighted by molar-refractivity contribution is 7.98. The Balaban J connectivity index is 1.35. The molecule has 1 aromatic heterocycles. The molecular weight excluding hydrogens is 606 g/mol. The smallest absolute Gasteiger partial charge is 0.255 e. The molecule has 0 aliphatic carbocycles. The van der Waals surface area contributed by atoms with Crippen molar-refractivity contribution in [1.82, 2.24) is 14.8 Å². The molecule has 0 saturated carbocycles. The van der Waals surface area contributed by atoms with Crippen molar-refractivity contribution in [2.75, 3.05) is 17.7 Å². The van der Waals surface area contributed by atoms with Crippen LogP contribution in [0.1, 0.15) is 35.2 Å². The number of aromatic nitrogens is 3. The number of aryl methyl sites for hydroxylation is 1. The van der Waals surface area contributed by atoms with Crippen LogP contribution in [0, 0.1) is 6.92 Å². The van der Waals surface area contributed by atoms with Gasteiger partial charge in [-0.2, -0.15) is 4.98 Å². The number of ether oxygens (including phenoxy) is 2. The van der Waals surface area contributed by atoms with Gasteiger partial charge in [0, 0.05) is 22.2 Å². The van der Waals surface area contributed by atoms with Crippen LogP contribution < -0.4 is 20.1 Å². The molecule has 0 radical (unpaired) electrons. The van der Waals surface area contributed by atoms with Gasteiger partial charge < -0.3 is 20.1 Å². The Labute approximate surface area is 271 Å². The predicted molar refractivity (Wildman–Crippen MR) is 179 cm³/mol. The number of methoxy groups -OCH3 is 1. The number of amides is 1. The minimum absolute atomic E-state index is 0.249. The fraction of sp³-hybridized carbons (Fsp3) is 0.171. The first-order valence-corrected chi connectivity index (χ1v) is 15.8. The summed E-state index contributed by atoms with van der Waals surface area (Å²) in [6.45, 7) is 4.33. The molecule has 228 valence electrons. The Hall–Kier alpha value is -4.73. The van der Waals surface area contributed by atoms with Gasteiger partial charge in [0.05, 0.1) is 12.7 Å². The normalized spacial score (nSPS) is 14.0. The number of benzene rings is 4. The van der Waals surface area contributed by atoms with E-state index in [4.69, 9.17) is 31.2 Å². The molecule has 6 rings (SSSR count). The monoisotopic (exact) mass is 637 g/mol. The summed E-state index contributed by atoms with van der Waals surface area (Å²) in [7, 11) is 1.61. The highest BCUT2D eigenvalue weighted by Gasteiger charge is 2.35. The van der Waals surface area contributed by atoms with E-state index in [-0.39, 0.29) is 5.91 Å². The SMILES string of the molecule is COc1cc(C2C(C(=O)Nc3ccccc3)=C(C)Nc3nc(SCc4ccccc4Cl)nn32)ccc1OCc1ccccc1C. The van der Waals surface area contributed by atoms with Gasteiger partial charge in [-0.25, -0.2) is 4.68 Å². The van der Waals surface area contributed by atoms with E-state index in [1.165, 1.54) is 11.8 Å². The Morgan fingerprint density at radius 2 is 1.69 bits per heavy atom. The number of para-hydroxylation sites is 1. The number of fused-ring (bicyclic) bond motifs is 1. The van der Waals surface area contributed by atoms with Crippen LogP contribution in [0.25, 0.3) is 0 Å². The number of halogens is 1. The first kappa shape index (κ1) is 30.3. The Morgan fingerprint density at radius 1 is 0.956 bits per heavy atom. The van der Waals surface area contributed by atoms with Crippen molar-refractivity contribution in [2.24, 2.45) is 0 Å². The van der Waals surface area contributed by atoms with E-state index >= 15 is 0 Å². The highest BCUT2D eigenvalue weighted by atomic mass is 35.5. The van der Waals surface area contributed by atoms with Crippen LogP contribution in [0.2, 0.25) is 5.02 Å². The molecule has 1 aliphatic rings. The van der Waals surface area contributed by atoms with Crippen LogP contribution in [0.3, 0.4) is 0 Å². The fourth-order valence-corrected chi connectivity index (χ4v) is 6.29. The molecule has 0 spiro atoms. The predicted octanol–water partition coefficient (Wildman–Crippen LogP) is 8.05. The average molecular weight is 638 g/mol. The molecule has 10 heteroatoms. The molecule has 1 atom stereocenters. The second kappa shape index (κ2) is 13.5. The maximum Gasteiger partial charge on any atom is 0.255 e. The number of nitrogens with one attached hydrogen (secondary N) is 2. The number of anilines is 2. The summed E-state index contributed by atoms with van der Waals surface area (Å²) in [5, 5.41) is 12.5. The van der Waals surface area contributed by atoms with Crippen LogP contribution in [0.4, 0.5) is 11.6 Å². The second-order valence-electron chi connectivity index (χ2n) is 10.6. The van der Waals surface area contributed by atoms with Crippen molar-refractivity contribution in [3.63, 3.8) is 0 Å². The summed E-state index contributed by atoms with van der Waals surface area (Å²) < 4.78 is 13.7. The van der Waals surface area contributed by atoms with Gasteiger partial charge >= 0.3 is 0 Å². The Morgan fingerprint density at radius 3 is 2.44 bits per heavy atom. The van der Waals surface area contributed by atoms with Gasteiger partial charge in [-0.1, -0.05) is 90.1 Å². The second-order valence-corrected chi connectivity index (χ2v) is 11.9. The third-order valence-corrected chi connectivity index (χ3v) is 8.83. The molecule has 2 heterocycles. The van der Waals surface area contributed by atoms with Gasteiger partial charge in [-0.05, 0) is 66.4 Å². The van der Waals surface area contributed by atoms with E-state index in [9.17, 15) is 4.79 Å². The molecule has 0 fully saturated rings. The quantitative estimate of drug-likeness (QED) is 0.150. The lowest BCUT2D eigenvalue weighted by atomic mass is 9.94. The van der Waals surface area contributed by atoms with Gasteiger partial charge in [0.1, 0.15) is 12.6 Å². The van der Waals surface area contributed by atoms with E-state index < -0.39 is 6.04 Å². The molecule has 45 heavy (non-hydrogen) atoms. The molecular formula is C35H32ClN5O3S. The molecule has 1 unspecified atom stereocenters. The number of carbonyl (C=O) groups excluding carboxylic acids is 1. The highest BCUT2D eigenvalue weighted by Crippen LogP contribution is 2.40. The molecule has 1 amide bonds. The van der Waals surface area contributed by atoms with Crippen LogP contribution in [-0.2, 0) is 17.2 Å². The van der Waals surface area contributed by atoms with E-state index in [0.29, 0.717) is 56.9 Å². The minimum Gasteiger partial charge on any atom is -0.493 e. The fourth-order valence-electron chi connectivity index (χ4n) is 5.17. The lowest BCUT2D eigenvalue weighted by Gasteiger charge is -2.29. The summed E-state index contributed by atoms with van der Waals surface area (Å²) in [5.74, 6) is 2.04. The van der Waals surface area contributed by atoms with E-state index in [0.717, 1.165) is 22.3 Å². The van der Waals surface area contributed by atoms with Crippen LogP contribution in [-0.4, -0.2) is 27.8 Å². The van der Waals surface area contributed by atoms with Crippen molar-refractivity contribution < 1.29 is 14.3 Å².